The van der Waals surface area contributed by atoms with Crippen molar-refractivity contribution in [3.05, 3.63) is 54.8 Å². The van der Waals surface area contributed by atoms with Crippen LogP contribution in [-0.4, -0.2) is 5.11 Å². The van der Waals surface area contributed by atoms with Crippen LogP contribution in [0.4, 0.5) is 0 Å². The molecule has 0 fully saturated rings. The van der Waals surface area contributed by atoms with Gasteiger partial charge in [0.15, 0.2) is 0 Å². The number of aliphatic hydroxyl groups is 1. The van der Waals surface area contributed by atoms with Gasteiger partial charge in [0.2, 0.25) is 0 Å². The van der Waals surface area contributed by atoms with Crippen LogP contribution in [0.25, 0.3) is 0 Å². The number of hydrogen-bond donors (Lipinski definition) is 1. The van der Waals surface area contributed by atoms with Crippen molar-refractivity contribution in [3.63, 3.8) is 0 Å². The third-order valence-corrected chi connectivity index (χ3v) is 4.83. The molecule has 1 aromatic heterocycles. The van der Waals surface area contributed by atoms with Crippen LogP contribution < -0.4 is 0 Å². The Morgan fingerprint density at radius 2 is 1.88 bits per heavy atom. The first kappa shape index (κ1) is 13.1. The largest absolute Gasteiger partial charge is 0.387 e. The van der Waals surface area contributed by atoms with Crippen molar-refractivity contribution in [3.8, 4) is 0 Å². The molecule has 0 amide bonds. The van der Waals surface area contributed by atoms with Crippen LogP contribution >= 0.6 is 33.9 Å². The lowest BCUT2D eigenvalue weighted by atomic mass is 10.1. The van der Waals surface area contributed by atoms with Crippen LogP contribution in [0.2, 0.25) is 0 Å². The summed E-state index contributed by atoms with van der Waals surface area (Å²) >= 11 is 3.98. The van der Waals surface area contributed by atoms with Crippen LogP contribution in [0.5, 0.6) is 0 Å². The second-order valence-corrected chi connectivity index (χ2v) is 6.77. The summed E-state index contributed by atoms with van der Waals surface area (Å²) in [5.41, 5.74) is 2.45. The van der Waals surface area contributed by atoms with Crippen LogP contribution in [0.15, 0.2) is 30.3 Å². The minimum atomic E-state index is -0.382. The highest BCUT2D eigenvalue weighted by Crippen LogP contribution is 2.28. The molecule has 90 valence electrons. The number of aryl methyl sites for hydroxylation is 2. The summed E-state index contributed by atoms with van der Waals surface area (Å²) in [6.45, 7) is 4.19. The Balaban J connectivity index is 2.11. The maximum atomic E-state index is 10.2. The summed E-state index contributed by atoms with van der Waals surface area (Å²) in [6, 6.07) is 10.4. The summed E-state index contributed by atoms with van der Waals surface area (Å²) in [5.74, 6) is 0. The standard InChI is InChI=1S/C14H15IOS/c1-9-7-14(17-10(9)2)13(16)8-11-3-5-12(15)6-4-11/h3-7,13,16H,8H2,1-2H3. The second-order valence-electron chi connectivity index (χ2n) is 4.23. The van der Waals surface area contributed by atoms with Gasteiger partial charge in [0.05, 0.1) is 6.10 Å². The molecule has 0 radical (unpaired) electrons. The van der Waals surface area contributed by atoms with E-state index in [1.807, 2.05) is 0 Å². The molecular weight excluding hydrogens is 343 g/mol. The molecule has 0 aliphatic carbocycles. The summed E-state index contributed by atoms with van der Waals surface area (Å²) in [6.07, 6.45) is 0.309. The maximum Gasteiger partial charge on any atom is 0.0922 e. The fourth-order valence-electron chi connectivity index (χ4n) is 1.71. The smallest absolute Gasteiger partial charge is 0.0922 e. The molecule has 3 heteroatoms. The van der Waals surface area contributed by atoms with Gasteiger partial charge in [0.25, 0.3) is 0 Å². The van der Waals surface area contributed by atoms with Gasteiger partial charge < -0.3 is 5.11 Å². The summed E-state index contributed by atoms with van der Waals surface area (Å²) in [5, 5.41) is 10.2. The number of aliphatic hydroxyl groups excluding tert-OH is 1. The predicted molar refractivity (Wildman–Crippen MR) is 81.6 cm³/mol. The zero-order chi connectivity index (χ0) is 12.4. The summed E-state index contributed by atoms with van der Waals surface area (Å²) in [4.78, 5) is 2.36. The molecule has 0 aliphatic rings. The Bertz CT molecular complexity index is 482. The highest BCUT2D eigenvalue weighted by molar-refractivity contribution is 14.1. The van der Waals surface area contributed by atoms with E-state index >= 15 is 0 Å². The number of benzene rings is 1. The van der Waals surface area contributed by atoms with E-state index in [2.05, 4.69) is 66.8 Å². The van der Waals surface area contributed by atoms with Gasteiger partial charge in [0.1, 0.15) is 0 Å². The van der Waals surface area contributed by atoms with Gasteiger partial charge in [-0.15, -0.1) is 11.3 Å². The molecule has 0 saturated heterocycles. The summed E-state index contributed by atoms with van der Waals surface area (Å²) < 4.78 is 1.23. The maximum absolute atomic E-state index is 10.2. The topological polar surface area (TPSA) is 20.2 Å². The number of rotatable bonds is 3. The Labute approximate surface area is 120 Å². The monoisotopic (exact) mass is 358 g/mol. The molecule has 1 unspecified atom stereocenters. The van der Waals surface area contributed by atoms with Gasteiger partial charge in [-0.3, -0.25) is 0 Å². The number of thiophene rings is 1. The van der Waals surface area contributed by atoms with Crippen molar-refractivity contribution in [1.29, 1.82) is 0 Å². The highest BCUT2D eigenvalue weighted by Gasteiger charge is 2.12. The van der Waals surface area contributed by atoms with Gasteiger partial charge >= 0.3 is 0 Å². The van der Waals surface area contributed by atoms with Gasteiger partial charge in [-0.2, -0.15) is 0 Å². The Kier molecular flexibility index (Phi) is 4.22. The molecule has 1 heterocycles. The third-order valence-electron chi connectivity index (χ3n) is 2.86. The quantitative estimate of drug-likeness (QED) is 0.814. The van der Waals surface area contributed by atoms with Crippen molar-refractivity contribution in [2.24, 2.45) is 0 Å². The molecule has 1 nitrogen and oxygen atoms in total. The first-order chi connectivity index (χ1) is 8.06. The molecule has 1 aromatic carbocycles. The lowest BCUT2D eigenvalue weighted by Crippen LogP contribution is -1.99. The van der Waals surface area contributed by atoms with Crippen LogP contribution in [0.3, 0.4) is 0 Å². The normalized spacial score (nSPS) is 12.7. The lowest BCUT2D eigenvalue weighted by molar-refractivity contribution is 0.182. The van der Waals surface area contributed by atoms with E-state index in [4.69, 9.17) is 0 Å². The van der Waals surface area contributed by atoms with E-state index in [-0.39, 0.29) is 6.10 Å². The van der Waals surface area contributed by atoms with E-state index < -0.39 is 0 Å². The molecule has 0 spiro atoms. The molecule has 0 aliphatic heterocycles. The molecule has 2 aromatic rings. The van der Waals surface area contributed by atoms with Crippen LogP contribution in [0, 0.1) is 17.4 Å². The minimum absolute atomic E-state index is 0.382. The first-order valence-electron chi connectivity index (χ1n) is 5.55. The molecule has 0 bridgehead atoms. The van der Waals surface area contributed by atoms with Crippen molar-refractivity contribution in [2.75, 3.05) is 0 Å². The van der Waals surface area contributed by atoms with Crippen molar-refractivity contribution in [2.45, 2.75) is 26.4 Å². The van der Waals surface area contributed by atoms with Gasteiger partial charge in [0, 0.05) is 19.7 Å². The lowest BCUT2D eigenvalue weighted by Gasteiger charge is -2.08. The SMILES string of the molecule is Cc1cc(C(O)Cc2ccc(I)cc2)sc1C. The fraction of sp³-hybridized carbons (Fsp3) is 0.286. The Morgan fingerprint density at radius 1 is 1.24 bits per heavy atom. The average Bonchev–Trinajstić information content (AvgIpc) is 2.63. The molecular formula is C14H15IOS. The van der Waals surface area contributed by atoms with Gasteiger partial charge in [-0.05, 0) is 65.8 Å². The van der Waals surface area contributed by atoms with Crippen molar-refractivity contribution in [1.82, 2.24) is 0 Å². The van der Waals surface area contributed by atoms with Gasteiger partial charge in [-0.1, -0.05) is 12.1 Å². The van der Waals surface area contributed by atoms with Gasteiger partial charge in [-0.25, -0.2) is 0 Å². The van der Waals surface area contributed by atoms with E-state index in [1.54, 1.807) is 11.3 Å². The van der Waals surface area contributed by atoms with Crippen LogP contribution in [0.1, 0.15) is 27.0 Å². The average molecular weight is 358 g/mol. The van der Waals surface area contributed by atoms with E-state index in [1.165, 1.54) is 19.6 Å². The molecule has 0 saturated carbocycles. The van der Waals surface area contributed by atoms with E-state index in [0.29, 0.717) is 6.42 Å². The van der Waals surface area contributed by atoms with Crippen LogP contribution in [-0.2, 0) is 6.42 Å². The second kappa shape index (κ2) is 5.50. The van der Waals surface area contributed by atoms with Crippen molar-refractivity contribution >= 4 is 33.9 Å². The first-order valence-corrected chi connectivity index (χ1v) is 7.45. The Morgan fingerprint density at radius 3 is 2.41 bits per heavy atom. The minimum Gasteiger partial charge on any atom is -0.387 e. The molecule has 1 atom stereocenters. The summed E-state index contributed by atoms with van der Waals surface area (Å²) in [7, 11) is 0. The Hall–Kier alpha value is -0.390. The molecule has 1 N–H and O–H groups in total. The number of halogens is 1. The fourth-order valence-corrected chi connectivity index (χ4v) is 3.10. The predicted octanol–water partition coefficient (Wildman–Crippen LogP) is 4.25. The zero-order valence-electron chi connectivity index (χ0n) is 9.90. The van der Waals surface area contributed by atoms with E-state index in [9.17, 15) is 5.11 Å². The van der Waals surface area contributed by atoms with Crippen molar-refractivity contribution < 1.29 is 5.11 Å². The zero-order valence-corrected chi connectivity index (χ0v) is 12.9. The number of hydrogen-bond acceptors (Lipinski definition) is 2. The third kappa shape index (κ3) is 3.30. The van der Waals surface area contributed by atoms with E-state index in [0.717, 1.165) is 4.88 Å². The molecule has 17 heavy (non-hydrogen) atoms. The molecule has 2 rings (SSSR count). The highest BCUT2D eigenvalue weighted by atomic mass is 127.